The predicted octanol–water partition coefficient (Wildman–Crippen LogP) is 1.88. The number of carbonyl (C=O) groups is 1. The molecule has 0 unspecified atom stereocenters. The van der Waals surface area contributed by atoms with Crippen molar-refractivity contribution in [3.63, 3.8) is 0 Å². The van der Waals surface area contributed by atoms with Gasteiger partial charge in [0.05, 0.1) is 5.60 Å². The van der Waals surface area contributed by atoms with Gasteiger partial charge < -0.3 is 15.3 Å². The van der Waals surface area contributed by atoms with Gasteiger partial charge in [0.25, 0.3) is 5.91 Å². The van der Waals surface area contributed by atoms with Crippen molar-refractivity contribution >= 4 is 11.6 Å². The lowest BCUT2D eigenvalue weighted by molar-refractivity contribution is 0.0368. The highest BCUT2D eigenvalue weighted by atomic mass is 16.3. The van der Waals surface area contributed by atoms with Gasteiger partial charge in [0.1, 0.15) is 0 Å². The second-order valence-corrected chi connectivity index (χ2v) is 5.25. The van der Waals surface area contributed by atoms with Crippen molar-refractivity contribution in [1.29, 1.82) is 0 Å². The molecular formula is C14H22N2O2. The predicted molar refractivity (Wildman–Crippen MR) is 74.0 cm³/mol. The van der Waals surface area contributed by atoms with Crippen molar-refractivity contribution in [2.45, 2.75) is 26.4 Å². The fourth-order valence-electron chi connectivity index (χ4n) is 1.95. The maximum atomic E-state index is 12.2. The number of nitrogens with zero attached hydrogens (tertiary/aromatic N) is 1. The van der Waals surface area contributed by atoms with Gasteiger partial charge in [-0.25, -0.2) is 0 Å². The van der Waals surface area contributed by atoms with E-state index in [1.165, 1.54) is 4.90 Å². The summed E-state index contributed by atoms with van der Waals surface area (Å²) < 4.78 is 0. The lowest BCUT2D eigenvalue weighted by atomic mass is 10.1. The average Bonchev–Trinajstić information content (AvgIpc) is 2.25. The molecule has 100 valence electrons. The summed E-state index contributed by atoms with van der Waals surface area (Å²) in [7, 11) is 3.55. The van der Waals surface area contributed by atoms with E-state index in [1.54, 1.807) is 27.0 Å². The Kier molecular flexibility index (Phi) is 4.35. The number of nitrogens with one attached hydrogen (secondary N) is 1. The molecule has 0 spiro atoms. The molecule has 0 radical (unpaired) electrons. The van der Waals surface area contributed by atoms with Crippen LogP contribution in [0.15, 0.2) is 18.2 Å². The van der Waals surface area contributed by atoms with Crippen LogP contribution in [0.1, 0.15) is 29.8 Å². The van der Waals surface area contributed by atoms with Crippen LogP contribution >= 0.6 is 0 Å². The highest BCUT2D eigenvalue weighted by molar-refractivity contribution is 5.94. The van der Waals surface area contributed by atoms with E-state index in [2.05, 4.69) is 5.32 Å². The largest absolute Gasteiger partial charge is 0.389 e. The molecule has 0 fully saturated rings. The quantitative estimate of drug-likeness (QED) is 0.858. The minimum Gasteiger partial charge on any atom is -0.389 e. The molecule has 4 nitrogen and oxygen atoms in total. The minimum atomic E-state index is -0.885. The average molecular weight is 250 g/mol. The van der Waals surface area contributed by atoms with Crippen LogP contribution in [0.4, 0.5) is 5.69 Å². The van der Waals surface area contributed by atoms with Crippen molar-refractivity contribution < 1.29 is 9.90 Å². The number of likely N-dealkylation sites (N-methyl/N-ethyl adjacent to an activating group) is 1. The fraction of sp³-hybridized carbons (Fsp3) is 0.500. The molecule has 0 bridgehead atoms. The third-order valence-corrected chi connectivity index (χ3v) is 2.71. The van der Waals surface area contributed by atoms with Gasteiger partial charge in [0, 0.05) is 31.9 Å². The van der Waals surface area contributed by atoms with Crippen LogP contribution in [-0.2, 0) is 0 Å². The molecule has 0 heterocycles. The maximum Gasteiger partial charge on any atom is 0.253 e. The molecular weight excluding hydrogens is 228 g/mol. The second kappa shape index (κ2) is 5.40. The summed E-state index contributed by atoms with van der Waals surface area (Å²) in [5.74, 6) is -0.0807. The number of amides is 1. The van der Waals surface area contributed by atoms with Crippen LogP contribution in [0.2, 0.25) is 0 Å². The zero-order chi connectivity index (χ0) is 13.9. The maximum absolute atomic E-state index is 12.2. The van der Waals surface area contributed by atoms with E-state index < -0.39 is 5.60 Å². The molecule has 1 amide bonds. The Bertz CT molecular complexity index is 436. The SMILES string of the molecule is CNc1ccc(C(=O)N(C)CC(C)(C)O)cc1C. The molecule has 0 saturated heterocycles. The Morgan fingerprint density at radius 3 is 2.50 bits per heavy atom. The van der Waals surface area contributed by atoms with Gasteiger partial charge in [-0.15, -0.1) is 0 Å². The molecule has 0 aromatic heterocycles. The Morgan fingerprint density at radius 1 is 1.44 bits per heavy atom. The lowest BCUT2D eigenvalue weighted by Crippen LogP contribution is -2.39. The van der Waals surface area contributed by atoms with Gasteiger partial charge in [0.2, 0.25) is 0 Å². The van der Waals surface area contributed by atoms with Gasteiger partial charge in [-0.1, -0.05) is 0 Å². The Balaban J connectivity index is 2.87. The van der Waals surface area contributed by atoms with E-state index in [1.807, 2.05) is 26.1 Å². The fourth-order valence-corrected chi connectivity index (χ4v) is 1.95. The molecule has 1 aromatic carbocycles. The monoisotopic (exact) mass is 250 g/mol. The first-order valence-corrected chi connectivity index (χ1v) is 6.01. The van der Waals surface area contributed by atoms with Crippen LogP contribution in [0, 0.1) is 6.92 Å². The van der Waals surface area contributed by atoms with Crippen LogP contribution in [-0.4, -0.2) is 42.2 Å². The number of aryl methyl sites for hydroxylation is 1. The standard InChI is InChI=1S/C14H22N2O2/c1-10-8-11(6-7-12(10)15-4)13(17)16(5)9-14(2,3)18/h6-8,15,18H,9H2,1-5H3. The minimum absolute atomic E-state index is 0.0807. The Morgan fingerprint density at radius 2 is 2.06 bits per heavy atom. The van der Waals surface area contributed by atoms with Crippen LogP contribution in [0.25, 0.3) is 0 Å². The second-order valence-electron chi connectivity index (χ2n) is 5.25. The van der Waals surface area contributed by atoms with Crippen molar-refractivity contribution in [2.24, 2.45) is 0 Å². The molecule has 1 rings (SSSR count). The molecule has 0 aliphatic carbocycles. The topological polar surface area (TPSA) is 52.6 Å². The van der Waals surface area contributed by atoms with Gasteiger partial charge in [-0.05, 0) is 44.5 Å². The molecule has 2 N–H and O–H groups in total. The van der Waals surface area contributed by atoms with E-state index in [0.29, 0.717) is 12.1 Å². The summed E-state index contributed by atoms with van der Waals surface area (Å²) in [5, 5.41) is 12.8. The molecule has 18 heavy (non-hydrogen) atoms. The summed E-state index contributed by atoms with van der Waals surface area (Å²) in [6.07, 6.45) is 0. The number of anilines is 1. The first-order chi connectivity index (χ1) is 8.24. The van der Waals surface area contributed by atoms with Crippen molar-refractivity contribution in [1.82, 2.24) is 4.90 Å². The molecule has 0 aliphatic rings. The van der Waals surface area contributed by atoms with Crippen LogP contribution < -0.4 is 5.32 Å². The van der Waals surface area contributed by atoms with Crippen molar-refractivity contribution in [3.05, 3.63) is 29.3 Å². The highest BCUT2D eigenvalue weighted by Crippen LogP contribution is 2.17. The van der Waals surface area contributed by atoms with Crippen molar-refractivity contribution in [3.8, 4) is 0 Å². The van der Waals surface area contributed by atoms with E-state index in [0.717, 1.165) is 11.3 Å². The zero-order valence-corrected chi connectivity index (χ0v) is 11.7. The van der Waals surface area contributed by atoms with Crippen LogP contribution in [0.3, 0.4) is 0 Å². The Hall–Kier alpha value is -1.55. The first kappa shape index (κ1) is 14.5. The zero-order valence-electron chi connectivity index (χ0n) is 11.7. The van der Waals surface area contributed by atoms with E-state index in [9.17, 15) is 9.90 Å². The number of hydrogen-bond donors (Lipinski definition) is 2. The number of rotatable bonds is 4. The van der Waals surface area contributed by atoms with Crippen LogP contribution in [0.5, 0.6) is 0 Å². The molecule has 0 aliphatic heterocycles. The summed E-state index contributed by atoms with van der Waals surface area (Å²) in [6.45, 7) is 5.63. The normalized spacial score (nSPS) is 11.2. The summed E-state index contributed by atoms with van der Waals surface area (Å²) in [6, 6.07) is 5.54. The first-order valence-electron chi connectivity index (χ1n) is 6.01. The van der Waals surface area contributed by atoms with E-state index >= 15 is 0 Å². The molecule has 4 heteroatoms. The smallest absolute Gasteiger partial charge is 0.253 e. The number of carbonyl (C=O) groups excluding carboxylic acids is 1. The summed E-state index contributed by atoms with van der Waals surface area (Å²) in [5.41, 5.74) is 1.79. The Labute approximate surface area is 109 Å². The van der Waals surface area contributed by atoms with Gasteiger partial charge in [0.15, 0.2) is 0 Å². The number of aliphatic hydroxyl groups is 1. The van der Waals surface area contributed by atoms with Gasteiger partial charge >= 0.3 is 0 Å². The lowest BCUT2D eigenvalue weighted by Gasteiger charge is -2.25. The van der Waals surface area contributed by atoms with E-state index in [-0.39, 0.29) is 5.91 Å². The molecule has 0 atom stereocenters. The summed E-state index contributed by atoms with van der Waals surface area (Å²) in [4.78, 5) is 13.7. The van der Waals surface area contributed by atoms with Gasteiger partial charge in [-0.2, -0.15) is 0 Å². The van der Waals surface area contributed by atoms with Gasteiger partial charge in [-0.3, -0.25) is 4.79 Å². The number of hydrogen-bond acceptors (Lipinski definition) is 3. The van der Waals surface area contributed by atoms with Crippen molar-refractivity contribution in [2.75, 3.05) is 26.0 Å². The van der Waals surface area contributed by atoms with E-state index in [4.69, 9.17) is 0 Å². The molecule has 0 saturated carbocycles. The molecule has 1 aromatic rings. The summed E-state index contributed by atoms with van der Waals surface area (Å²) >= 11 is 0. The number of benzene rings is 1. The highest BCUT2D eigenvalue weighted by Gasteiger charge is 2.20. The third kappa shape index (κ3) is 3.74. The third-order valence-electron chi connectivity index (χ3n) is 2.71.